The van der Waals surface area contributed by atoms with Gasteiger partial charge in [0.05, 0.1) is 51.8 Å². The summed E-state index contributed by atoms with van der Waals surface area (Å²) < 4.78 is 45.5. The predicted octanol–water partition coefficient (Wildman–Crippen LogP) is 7.62. The molecule has 8 heteroatoms. The fourth-order valence-electron chi connectivity index (χ4n) is 4.95. The van der Waals surface area contributed by atoms with Crippen molar-refractivity contribution in [2.75, 3.05) is 52.9 Å². The summed E-state index contributed by atoms with van der Waals surface area (Å²) in [7, 11) is 0. The molecule has 0 amide bonds. The minimum absolute atomic E-state index is 0.0251. The third-order valence-electron chi connectivity index (χ3n) is 8.07. The molecular formula is C40H46O8. The molecule has 48 heavy (non-hydrogen) atoms. The smallest absolute Gasteiger partial charge is 0.119 e. The van der Waals surface area contributed by atoms with Crippen LogP contribution in [0.2, 0.25) is 0 Å². The molecule has 2 fully saturated rings. The highest BCUT2D eigenvalue weighted by Gasteiger charge is 2.24. The Hall–Kier alpha value is -4.08. The highest BCUT2D eigenvalue weighted by Crippen LogP contribution is 2.27. The molecule has 0 saturated carbocycles. The van der Waals surface area contributed by atoms with Crippen LogP contribution in [-0.4, -0.2) is 77.3 Å². The second-order valence-electron chi connectivity index (χ2n) is 12.3. The monoisotopic (exact) mass is 654 g/mol. The standard InChI is InChI=1S/C40H46O8/c1-29(43-25-39-27-47-39)23-45-37-17-9-33(10-18-37)31-5-13-35(14-6-31)41-21-3-4-22-42-36-15-7-32(8-16-36)34-11-19-38(20-12-34)46-24-30(2)44-26-40-28-48-40/h5-20,29-30,39-40H,3-4,21-28H2,1-2H3. The Morgan fingerprint density at radius 1 is 0.479 bits per heavy atom. The third-order valence-corrected chi connectivity index (χ3v) is 8.07. The van der Waals surface area contributed by atoms with E-state index in [1.54, 1.807) is 0 Å². The Labute approximate surface area is 283 Å². The molecule has 8 nitrogen and oxygen atoms in total. The Morgan fingerprint density at radius 3 is 1.06 bits per heavy atom. The highest BCUT2D eigenvalue weighted by atomic mass is 16.6. The Balaban J connectivity index is 0.835. The quantitative estimate of drug-likeness (QED) is 0.0671. The average Bonchev–Trinajstić information content (AvgIpc) is 4.07. The van der Waals surface area contributed by atoms with Crippen LogP contribution < -0.4 is 18.9 Å². The molecule has 2 saturated heterocycles. The molecule has 0 aliphatic carbocycles. The molecule has 0 radical (unpaired) electrons. The van der Waals surface area contributed by atoms with Gasteiger partial charge >= 0.3 is 0 Å². The third kappa shape index (κ3) is 11.3. The summed E-state index contributed by atoms with van der Waals surface area (Å²) in [5.74, 6) is 3.39. The van der Waals surface area contributed by atoms with Gasteiger partial charge in [-0.15, -0.1) is 0 Å². The molecule has 0 bridgehead atoms. The molecule has 2 heterocycles. The van der Waals surface area contributed by atoms with Crippen molar-refractivity contribution < 1.29 is 37.9 Å². The minimum Gasteiger partial charge on any atom is -0.494 e. The Kier molecular flexibility index (Phi) is 12.2. The lowest BCUT2D eigenvalue weighted by Gasteiger charge is -2.14. The summed E-state index contributed by atoms with van der Waals surface area (Å²) in [5, 5.41) is 0. The number of benzene rings is 4. The van der Waals surface area contributed by atoms with E-state index in [9.17, 15) is 0 Å². The number of hydrogen-bond donors (Lipinski definition) is 0. The molecule has 6 rings (SSSR count). The van der Waals surface area contributed by atoms with E-state index in [4.69, 9.17) is 37.9 Å². The van der Waals surface area contributed by atoms with Gasteiger partial charge in [-0.05, 0) is 97.5 Å². The van der Waals surface area contributed by atoms with Crippen molar-refractivity contribution >= 4 is 0 Å². The van der Waals surface area contributed by atoms with E-state index in [1.807, 2.05) is 62.4 Å². The molecule has 2 aliphatic rings. The van der Waals surface area contributed by atoms with Gasteiger partial charge in [0.15, 0.2) is 0 Å². The van der Waals surface area contributed by atoms with Crippen molar-refractivity contribution in [1.29, 1.82) is 0 Å². The summed E-state index contributed by atoms with van der Waals surface area (Å²) in [5.41, 5.74) is 4.52. The molecule has 0 N–H and O–H groups in total. The molecule has 4 atom stereocenters. The molecule has 0 aromatic heterocycles. The second-order valence-corrected chi connectivity index (χ2v) is 12.3. The summed E-state index contributed by atoms with van der Waals surface area (Å²) in [6.07, 6.45) is 2.41. The van der Waals surface area contributed by atoms with Gasteiger partial charge in [-0.3, -0.25) is 0 Å². The first kappa shape index (κ1) is 33.8. The van der Waals surface area contributed by atoms with Gasteiger partial charge < -0.3 is 37.9 Å². The van der Waals surface area contributed by atoms with E-state index >= 15 is 0 Å². The lowest BCUT2D eigenvalue weighted by atomic mass is 10.1. The summed E-state index contributed by atoms with van der Waals surface area (Å²) in [4.78, 5) is 0. The van der Waals surface area contributed by atoms with Gasteiger partial charge in [0, 0.05) is 0 Å². The number of epoxide rings is 2. The van der Waals surface area contributed by atoms with Crippen molar-refractivity contribution in [2.24, 2.45) is 0 Å². The zero-order chi connectivity index (χ0) is 33.0. The van der Waals surface area contributed by atoms with E-state index in [1.165, 1.54) is 0 Å². The van der Waals surface area contributed by atoms with E-state index in [2.05, 4.69) is 48.5 Å². The van der Waals surface area contributed by atoms with Crippen LogP contribution in [0.25, 0.3) is 22.3 Å². The highest BCUT2D eigenvalue weighted by molar-refractivity contribution is 5.65. The van der Waals surface area contributed by atoms with Crippen LogP contribution in [0.3, 0.4) is 0 Å². The first-order valence-electron chi connectivity index (χ1n) is 17.0. The van der Waals surface area contributed by atoms with Gasteiger partial charge in [0.25, 0.3) is 0 Å². The van der Waals surface area contributed by atoms with Crippen LogP contribution in [0.1, 0.15) is 26.7 Å². The second kappa shape index (κ2) is 17.4. The zero-order valence-corrected chi connectivity index (χ0v) is 27.9. The zero-order valence-electron chi connectivity index (χ0n) is 27.9. The molecule has 4 aromatic rings. The number of rotatable bonds is 21. The molecular weight excluding hydrogens is 608 g/mol. The maximum atomic E-state index is 5.97. The molecule has 0 spiro atoms. The molecule has 4 aromatic carbocycles. The van der Waals surface area contributed by atoms with Gasteiger partial charge in [0.2, 0.25) is 0 Å². The Bertz CT molecular complexity index is 1380. The van der Waals surface area contributed by atoms with Crippen molar-refractivity contribution in [3.63, 3.8) is 0 Å². The van der Waals surface area contributed by atoms with Gasteiger partial charge in [-0.2, -0.15) is 0 Å². The van der Waals surface area contributed by atoms with E-state index in [0.717, 1.165) is 71.3 Å². The van der Waals surface area contributed by atoms with Crippen LogP contribution in [0, 0.1) is 0 Å². The average molecular weight is 655 g/mol. The van der Waals surface area contributed by atoms with Gasteiger partial charge in [-0.25, -0.2) is 0 Å². The van der Waals surface area contributed by atoms with E-state index in [-0.39, 0.29) is 24.4 Å². The first-order valence-corrected chi connectivity index (χ1v) is 17.0. The van der Waals surface area contributed by atoms with Crippen molar-refractivity contribution in [3.8, 4) is 45.3 Å². The maximum absolute atomic E-state index is 5.97. The largest absolute Gasteiger partial charge is 0.494 e. The predicted molar refractivity (Wildman–Crippen MR) is 185 cm³/mol. The van der Waals surface area contributed by atoms with Gasteiger partial charge in [-0.1, -0.05) is 48.5 Å². The Morgan fingerprint density at radius 2 is 0.771 bits per heavy atom. The van der Waals surface area contributed by atoms with Crippen LogP contribution in [0.5, 0.6) is 23.0 Å². The molecule has 254 valence electrons. The van der Waals surface area contributed by atoms with E-state index in [0.29, 0.717) is 39.6 Å². The summed E-state index contributed by atoms with van der Waals surface area (Å²) in [6, 6.07) is 32.7. The summed E-state index contributed by atoms with van der Waals surface area (Å²) in [6.45, 7) is 9.22. The lowest BCUT2D eigenvalue weighted by molar-refractivity contribution is 0.0241. The SMILES string of the molecule is CC(COc1ccc(-c2ccc(OCCCCOc3ccc(-c4ccc(OCC(C)OCC5CO5)cc4)cc3)cc2)cc1)OCC1CO1. The van der Waals surface area contributed by atoms with Crippen LogP contribution in [0.4, 0.5) is 0 Å². The molecule has 4 unspecified atom stereocenters. The first-order chi connectivity index (χ1) is 23.6. The molecule has 2 aliphatic heterocycles. The van der Waals surface area contributed by atoms with E-state index < -0.39 is 0 Å². The lowest BCUT2D eigenvalue weighted by Crippen LogP contribution is -2.20. The summed E-state index contributed by atoms with van der Waals surface area (Å²) >= 11 is 0. The normalized spacial score (nSPS) is 17.7. The van der Waals surface area contributed by atoms with Crippen molar-refractivity contribution in [2.45, 2.75) is 51.1 Å². The van der Waals surface area contributed by atoms with Crippen molar-refractivity contribution in [1.82, 2.24) is 0 Å². The number of unbranched alkanes of at least 4 members (excludes halogenated alkanes) is 1. The van der Waals surface area contributed by atoms with Crippen LogP contribution >= 0.6 is 0 Å². The maximum Gasteiger partial charge on any atom is 0.119 e. The van der Waals surface area contributed by atoms with Gasteiger partial charge in [0.1, 0.15) is 48.4 Å². The fraction of sp³-hybridized carbons (Fsp3) is 0.400. The number of ether oxygens (including phenoxy) is 8. The topological polar surface area (TPSA) is 80.4 Å². The fourth-order valence-corrected chi connectivity index (χ4v) is 4.95. The van der Waals surface area contributed by atoms with Crippen LogP contribution in [-0.2, 0) is 18.9 Å². The number of hydrogen-bond acceptors (Lipinski definition) is 8. The van der Waals surface area contributed by atoms with Crippen molar-refractivity contribution in [3.05, 3.63) is 97.1 Å². The minimum atomic E-state index is 0.0251. The van der Waals surface area contributed by atoms with Crippen LogP contribution in [0.15, 0.2) is 97.1 Å².